The molecule has 2 aromatic carbocycles. The van der Waals surface area contributed by atoms with E-state index in [-0.39, 0.29) is 0 Å². The first-order chi connectivity index (χ1) is 10.1. The molecule has 0 radical (unpaired) electrons. The van der Waals surface area contributed by atoms with Crippen LogP contribution in [0.15, 0.2) is 42.5 Å². The summed E-state index contributed by atoms with van der Waals surface area (Å²) >= 11 is 0. The van der Waals surface area contributed by atoms with Gasteiger partial charge in [-0.05, 0) is 42.2 Å². The molecule has 1 unspecified atom stereocenters. The number of hydrogen-bond donors (Lipinski definition) is 2. The largest absolute Gasteiger partial charge is 0.496 e. The van der Waals surface area contributed by atoms with Gasteiger partial charge in [0.2, 0.25) is 0 Å². The highest BCUT2D eigenvalue weighted by atomic mass is 16.5. The van der Waals surface area contributed by atoms with Crippen molar-refractivity contribution in [1.82, 2.24) is 5.32 Å². The van der Waals surface area contributed by atoms with Gasteiger partial charge in [-0.2, -0.15) is 0 Å². The van der Waals surface area contributed by atoms with Gasteiger partial charge in [-0.25, -0.2) is 0 Å². The minimum atomic E-state index is -0.487. The quantitative estimate of drug-likeness (QED) is 0.857. The Hall–Kier alpha value is -1.84. The fraction of sp³-hybridized carbons (Fsp3) is 0.333. The molecule has 0 aliphatic heterocycles. The minimum absolute atomic E-state index is 0.487. The van der Waals surface area contributed by atoms with Crippen molar-refractivity contribution in [2.24, 2.45) is 0 Å². The SMILES string of the molecule is COc1cc(CNCC(O)c2ccccc2C)ccc1C. The van der Waals surface area contributed by atoms with Gasteiger partial charge >= 0.3 is 0 Å². The zero-order valence-electron chi connectivity index (χ0n) is 12.9. The van der Waals surface area contributed by atoms with Crippen LogP contribution in [-0.4, -0.2) is 18.8 Å². The molecule has 0 amide bonds. The third-order valence-corrected chi connectivity index (χ3v) is 3.69. The monoisotopic (exact) mass is 285 g/mol. The van der Waals surface area contributed by atoms with Gasteiger partial charge in [0.15, 0.2) is 0 Å². The number of benzene rings is 2. The maximum atomic E-state index is 10.2. The molecule has 2 aromatic rings. The average Bonchev–Trinajstić information content (AvgIpc) is 2.49. The fourth-order valence-corrected chi connectivity index (χ4v) is 2.40. The Kier molecular flexibility index (Phi) is 5.37. The zero-order chi connectivity index (χ0) is 15.2. The molecule has 0 bridgehead atoms. The van der Waals surface area contributed by atoms with Crippen LogP contribution >= 0.6 is 0 Å². The Morgan fingerprint density at radius 1 is 1.10 bits per heavy atom. The van der Waals surface area contributed by atoms with Crippen molar-refractivity contribution in [3.63, 3.8) is 0 Å². The molecular formula is C18H23NO2. The highest BCUT2D eigenvalue weighted by Gasteiger charge is 2.09. The number of nitrogens with one attached hydrogen (secondary N) is 1. The predicted molar refractivity (Wildman–Crippen MR) is 85.6 cm³/mol. The summed E-state index contributed by atoms with van der Waals surface area (Å²) in [5.74, 6) is 0.897. The topological polar surface area (TPSA) is 41.5 Å². The number of ether oxygens (including phenoxy) is 1. The summed E-state index contributed by atoms with van der Waals surface area (Å²) in [7, 11) is 1.68. The molecule has 0 saturated heterocycles. The molecule has 1 atom stereocenters. The predicted octanol–water partition coefficient (Wildman–Crippen LogP) is 3.14. The summed E-state index contributed by atoms with van der Waals surface area (Å²) in [5, 5.41) is 13.5. The van der Waals surface area contributed by atoms with Crippen molar-refractivity contribution >= 4 is 0 Å². The van der Waals surface area contributed by atoms with Crippen LogP contribution in [0.2, 0.25) is 0 Å². The molecule has 0 spiro atoms. The third-order valence-electron chi connectivity index (χ3n) is 3.69. The van der Waals surface area contributed by atoms with Crippen molar-refractivity contribution in [2.75, 3.05) is 13.7 Å². The van der Waals surface area contributed by atoms with Crippen LogP contribution < -0.4 is 10.1 Å². The number of methoxy groups -OCH3 is 1. The Balaban J connectivity index is 1.91. The van der Waals surface area contributed by atoms with Crippen LogP contribution in [0.3, 0.4) is 0 Å². The minimum Gasteiger partial charge on any atom is -0.496 e. The van der Waals surface area contributed by atoms with Gasteiger partial charge in [-0.3, -0.25) is 0 Å². The van der Waals surface area contributed by atoms with Crippen molar-refractivity contribution < 1.29 is 9.84 Å². The van der Waals surface area contributed by atoms with Gasteiger partial charge in [0.05, 0.1) is 13.2 Å². The van der Waals surface area contributed by atoms with Crippen molar-refractivity contribution in [3.8, 4) is 5.75 Å². The molecule has 0 saturated carbocycles. The summed E-state index contributed by atoms with van der Waals surface area (Å²) in [6.45, 7) is 5.28. The van der Waals surface area contributed by atoms with Gasteiger partial charge in [0.1, 0.15) is 5.75 Å². The van der Waals surface area contributed by atoms with Crippen LogP contribution in [0.4, 0.5) is 0 Å². The van der Waals surface area contributed by atoms with E-state index >= 15 is 0 Å². The molecule has 112 valence electrons. The van der Waals surface area contributed by atoms with Gasteiger partial charge < -0.3 is 15.2 Å². The smallest absolute Gasteiger partial charge is 0.122 e. The Labute approximate surface area is 126 Å². The van der Waals surface area contributed by atoms with Crippen LogP contribution in [0.1, 0.15) is 28.4 Å². The lowest BCUT2D eigenvalue weighted by Gasteiger charge is -2.15. The van der Waals surface area contributed by atoms with E-state index in [1.807, 2.05) is 50.2 Å². The first-order valence-electron chi connectivity index (χ1n) is 7.19. The normalized spacial score (nSPS) is 12.2. The summed E-state index contributed by atoms with van der Waals surface area (Å²) < 4.78 is 5.32. The zero-order valence-corrected chi connectivity index (χ0v) is 12.9. The molecule has 2 rings (SSSR count). The molecule has 21 heavy (non-hydrogen) atoms. The summed E-state index contributed by atoms with van der Waals surface area (Å²) in [6, 6.07) is 14.1. The number of aliphatic hydroxyl groups excluding tert-OH is 1. The Bertz CT molecular complexity index is 596. The van der Waals surface area contributed by atoms with Crippen LogP contribution in [0, 0.1) is 13.8 Å². The number of aliphatic hydroxyl groups is 1. The highest BCUT2D eigenvalue weighted by Crippen LogP contribution is 2.19. The maximum absolute atomic E-state index is 10.2. The summed E-state index contributed by atoms with van der Waals surface area (Å²) in [6.07, 6.45) is -0.487. The average molecular weight is 285 g/mol. The maximum Gasteiger partial charge on any atom is 0.122 e. The number of rotatable bonds is 6. The molecule has 0 fully saturated rings. The van der Waals surface area contributed by atoms with Gasteiger partial charge in [0.25, 0.3) is 0 Å². The molecule has 0 aromatic heterocycles. The van der Waals surface area contributed by atoms with E-state index in [4.69, 9.17) is 4.74 Å². The van der Waals surface area contributed by atoms with E-state index in [2.05, 4.69) is 11.4 Å². The summed E-state index contributed by atoms with van der Waals surface area (Å²) in [5.41, 5.74) is 4.37. The molecular weight excluding hydrogens is 262 g/mol. The molecule has 3 heteroatoms. The van der Waals surface area contributed by atoms with E-state index in [9.17, 15) is 5.11 Å². The molecule has 0 aliphatic rings. The first-order valence-corrected chi connectivity index (χ1v) is 7.19. The Morgan fingerprint density at radius 2 is 1.86 bits per heavy atom. The Morgan fingerprint density at radius 3 is 2.57 bits per heavy atom. The van der Waals surface area contributed by atoms with Crippen molar-refractivity contribution in [3.05, 3.63) is 64.7 Å². The fourth-order valence-electron chi connectivity index (χ4n) is 2.40. The van der Waals surface area contributed by atoms with Gasteiger partial charge in [-0.1, -0.05) is 36.4 Å². The third kappa shape index (κ3) is 4.06. The molecule has 0 aliphatic carbocycles. The van der Waals surface area contributed by atoms with Crippen molar-refractivity contribution in [2.45, 2.75) is 26.5 Å². The molecule has 0 heterocycles. The lowest BCUT2D eigenvalue weighted by atomic mass is 10.0. The van der Waals surface area contributed by atoms with E-state index in [0.29, 0.717) is 13.1 Å². The van der Waals surface area contributed by atoms with E-state index in [1.54, 1.807) is 7.11 Å². The summed E-state index contributed by atoms with van der Waals surface area (Å²) in [4.78, 5) is 0. The second kappa shape index (κ2) is 7.25. The second-order valence-electron chi connectivity index (χ2n) is 5.31. The van der Waals surface area contributed by atoms with Crippen LogP contribution in [0.5, 0.6) is 5.75 Å². The van der Waals surface area contributed by atoms with Crippen LogP contribution in [-0.2, 0) is 6.54 Å². The van der Waals surface area contributed by atoms with Gasteiger partial charge in [-0.15, -0.1) is 0 Å². The van der Waals surface area contributed by atoms with E-state index < -0.39 is 6.10 Å². The lowest BCUT2D eigenvalue weighted by molar-refractivity contribution is 0.173. The molecule has 2 N–H and O–H groups in total. The van der Waals surface area contributed by atoms with E-state index in [1.165, 1.54) is 0 Å². The van der Waals surface area contributed by atoms with Crippen molar-refractivity contribution in [1.29, 1.82) is 0 Å². The second-order valence-corrected chi connectivity index (χ2v) is 5.31. The first kappa shape index (κ1) is 15.5. The van der Waals surface area contributed by atoms with Crippen LogP contribution in [0.25, 0.3) is 0 Å². The number of aryl methyl sites for hydroxylation is 2. The molecule has 3 nitrogen and oxygen atoms in total. The number of hydrogen-bond acceptors (Lipinski definition) is 3. The van der Waals surface area contributed by atoms with Gasteiger partial charge in [0, 0.05) is 13.1 Å². The highest BCUT2D eigenvalue weighted by molar-refractivity contribution is 5.36. The van der Waals surface area contributed by atoms with E-state index in [0.717, 1.165) is 28.0 Å². The standard InChI is InChI=1S/C18H23NO2/c1-13-6-4-5-7-16(13)17(20)12-19-11-15-9-8-14(2)18(10-15)21-3/h4-10,17,19-20H,11-12H2,1-3H3. The lowest BCUT2D eigenvalue weighted by Crippen LogP contribution is -2.21.